The van der Waals surface area contributed by atoms with E-state index < -0.39 is 0 Å². The van der Waals surface area contributed by atoms with Crippen molar-refractivity contribution in [2.24, 2.45) is 0 Å². The number of nitrogens with one attached hydrogen (secondary N) is 2. The van der Waals surface area contributed by atoms with E-state index in [0.29, 0.717) is 6.04 Å². The van der Waals surface area contributed by atoms with Crippen molar-refractivity contribution in [3.05, 3.63) is 34.9 Å². The SMILES string of the molecule is Cc1ccc(C)c(CCNCC2COCCN2)c1. The minimum absolute atomic E-state index is 0.470. The van der Waals surface area contributed by atoms with E-state index in [0.717, 1.165) is 39.3 Å². The Morgan fingerprint density at radius 3 is 3.06 bits per heavy atom. The molecule has 1 unspecified atom stereocenters. The van der Waals surface area contributed by atoms with Crippen LogP contribution in [0.3, 0.4) is 0 Å². The van der Waals surface area contributed by atoms with Crippen molar-refractivity contribution in [2.45, 2.75) is 26.3 Å². The third kappa shape index (κ3) is 4.09. The Labute approximate surface area is 110 Å². The first-order valence-corrected chi connectivity index (χ1v) is 6.83. The maximum Gasteiger partial charge on any atom is 0.0632 e. The van der Waals surface area contributed by atoms with E-state index in [-0.39, 0.29) is 0 Å². The molecule has 1 fully saturated rings. The van der Waals surface area contributed by atoms with E-state index in [1.165, 1.54) is 16.7 Å². The standard InChI is InChI=1S/C15H24N2O/c1-12-3-4-13(2)14(9-12)5-6-16-10-15-11-18-8-7-17-15/h3-4,9,15-17H,5-8,10-11H2,1-2H3. The fraction of sp³-hybridized carbons (Fsp3) is 0.600. The molecule has 3 nitrogen and oxygen atoms in total. The van der Waals surface area contributed by atoms with Crippen molar-refractivity contribution in [1.82, 2.24) is 10.6 Å². The van der Waals surface area contributed by atoms with Crippen LogP contribution in [0.4, 0.5) is 0 Å². The molecule has 1 saturated heterocycles. The van der Waals surface area contributed by atoms with Crippen LogP contribution in [0.15, 0.2) is 18.2 Å². The number of aryl methyl sites for hydroxylation is 2. The van der Waals surface area contributed by atoms with Crippen molar-refractivity contribution < 1.29 is 4.74 Å². The Hall–Kier alpha value is -0.900. The van der Waals surface area contributed by atoms with E-state index in [1.54, 1.807) is 0 Å². The summed E-state index contributed by atoms with van der Waals surface area (Å²) in [7, 11) is 0. The second-order valence-electron chi connectivity index (χ2n) is 5.11. The summed E-state index contributed by atoms with van der Waals surface area (Å²) in [6.07, 6.45) is 1.10. The number of hydrogen-bond donors (Lipinski definition) is 2. The maximum atomic E-state index is 5.43. The van der Waals surface area contributed by atoms with Gasteiger partial charge in [-0.1, -0.05) is 23.8 Å². The van der Waals surface area contributed by atoms with Crippen LogP contribution in [-0.2, 0) is 11.2 Å². The van der Waals surface area contributed by atoms with E-state index in [4.69, 9.17) is 4.74 Å². The normalized spacial score (nSPS) is 20.0. The Bertz CT molecular complexity index is 373. The third-order valence-corrected chi connectivity index (χ3v) is 3.46. The minimum Gasteiger partial charge on any atom is -0.378 e. The fourth-order valence-corrected chi connectivity index (χ4v) is 2.32. The van der Waals surface area contributed by atoms with Crippen LogP contribution in [0.25, 0.3) is 0 Å². The Morgan fingerprint density at radius 1 is 1.39 bits per heavy atom. The zero-order valence-corrected chi connectivity index (χ0v) is 11.5. The molecule has 0 aromatic heterocycles. The molecule has 1 heterocycles. The van der Waals surface area contributed by atoms with E-state index in [1.807, 2.05) is 0 Å². The van der Waals surface area contributed by atoms with Gasteiger partial charge < -0.3 is 15.4 Å². The summed E-state index contributed by atoms with van der Waals surface area (Å²) in [5, 5.41) is 6.96. The first-order chi connectivity index (χ1) is 8.75. The lowest BCUT2D eigenvalue weighted by Crippen LogP contribution is -2.47. The minimum atomic E-state index is 0.470. The van der Waals surface area contributed by atoms with Crippen LogP contribution in [0.2, 0.25) is 0 Å². The number of morpholine rings is 1. The van der Waals surface area contributed by atoms with Crippen molar-refractivity contribution in [3.8, 4) is 0 Å². The highest BCUT2D eigenvalue weighted by molar-refractivity contribution is 5.30. The summed E-state index contributed by atoms with van der Waals surface area (Å²) >= 11 is 0. The van der Waals surface area contributed by atoms with Gasteiger partial charge in [0.25, 0.3) is 0 Å². The molecule has 1 aromatic carbocycles. The third-order valence-electron chi connectivity index (χ3n) is 3.46. The van der Waals surface area contributed by atoms with Gasteiger partial charge in [-0.3, -0.25) is 0 Å². The zero-order chi connectivity index (χ0) is 12.8. The second-order valence-corrected chi connectivity index (χ2v) is 5.11. The first kappa shape index (κ1) is 13.5. The van der Waals surface area contributed by atoms with Gasteiger partial charge in [0.05, 0.1) is 13.2 Å². The summed E-state index contributed by atoms with van der Waals surface area (Å²) in [6, 6.07) is 7.15. The molecule has 0 spiro atoms. The highest BCUT2D eigenvalue weighted by Crippen LogP contribution is 2.10. The van der Waals surface area contributed by atoms with E-state index in [9.17, 15) is 0 Å². The highest BCUT2D eigenvalue weighted by Gasteiger charge is 2.11. The zero-order valence-electron chi connectivity index (χ0n) is 11.5. The van der Waals surface area contributed by atoms with Gasteiger partial charge in [-0.05, 0) is 37.9 Å². The Morgan fingerprint density at radius 2 is 2.28 bits per heavy atom. The molecule has 0 radical (unpaired) electrons. The van der Waals surface area contributed by atoms with E-state index >= 15 is 0 Å². The molecule has 1 aromatic rings. The molecule has 0 aliphatic carbocycles. The Balaban J connectivity index is 1.69. The lowest BCUT2D eigenvalue weighted by molar-refractivity contribution is 0.0768. The molecule has 2 N–H and O–H groups in total. The molecule has 1 aliphatic heterocycles. The monoisotopic (exact) mass is 248 g/mol. The van der Waals surface area contributed by atoms with E-state index in [2.05, 4.69) is 42.7 Å². The fourth-order valence-electron chi connectivity index (χ4n) is 2.32. The molecule has 0 amide bonds. The number of ether oxygens (including phenoxy) is 1. The topological polar surface area (TPSA) is 33.3 Å². The number of rotatable bonds is 5. The summed E-state index contributed by atoms with van der Waals surface area (Å²) < 4.78 is 5.43. The van der Waals surface area contributed by atoms with Gasteiger partial charge in [-0.2, -0.15) is 0 Å². The Kier molecular flexibility index (Phi) is 5.17. The molecule has 0 bridgehead atoms. The molecule has 1 atom stereocenters. The second kappa shape index (κ2) is 6.88. The molecule has 3 heteroatoms. The lowest BCUT2D eigenvalue weighted by atomic mass is 10.0. The largest absolute Gasteiger partial charge is 0.378 e. The average molecular weight is 248 g/mol. The predicted molar refractivity (Wildman–Crippen MR) is 75.1 cm³/mol. The van der Waals surface area contributed by atoms with Crippen LogP contribution >= 0.6 is 0 Å². The average Bonchev–Trinajstić information content (AvgIpc) is 2.40. The summed E-state index contributed by atoms with van der Waals surface area (Å²) in [5.74, 6) is 0. The van der Waals surface area contributed by atoms with Gasteiger partial charge in [0, 0.05) is 19.1 Å². The summed E-state index contributed by atoms with van der Waals surface area (Å²) in [5.41, 5.74) is 4.19. The van der Waals surface area contributed by atoms with Crippen LogP contribution < -0.4 is 10.6 Å². The van der Waals surface area contributed by atoms with Crippen molar-refractivity contribution in [1.29, 1.82) is 0 Å². The van der Waals surface area contributed by atoms with Gasteiger partial charge in [-0.15, -0.1) is 0 Å². The van der Waals surface area contributed by atoms with Crippen LogP contribution in [0.5, 0.6) is 0 Å². The number of hydrogen-bond acceptors (Lipinski definition) is 3. The molecule has 1 aliphatic rings. The van der Waals surface area contributed by atoms with Gasteiger partial charge in [-0.25, -0.2) is 0 Å². The summed E-state index contributed by atoms with van der Waals surface area (Å²) in [6.45, 7) is 9.01. The maximum absolute atomic E-state index is 5.43. The molecule has 100 valence electrons. The van der Waals surface area contributed by atoms with Crippen molar-refractivity contribution in [3.63, 3.8) is 0 Å². The molecule has 0 saturated carbocycles. The van der Waals surface area contributed by atoms with Crippen LogP contribution in [0.1, 0.15) is 16.7 Å². The smallest absolute Gasteiger partial charge is 0.0632 e. The van der Waals surface area contributed by atoms with Gasteiger partial charge in [0.1, 0.15) is 0 Å². The quantitative estimate of drug-likeness (QED) is 0.773. The molecule has 2 rings (SSSR count). The van der Waals surface area contributed by atoms with Gasteiger partial charge >= 0.3 is 0 Å². The molecule has 18 heavy (non-hydrogen) atoms. The van der Waals surface area contributed by atoms with Crippen LogP contribution in [0, 0.1) is 13.8 Å². The molecular formula is C15H24N2O. The first-order valence-electron chi connectivity index (χ1n) is 6.83. The lowest BCUT2D eigenvalue weighted by Gasteiger charge is -2.24. The van der Waals surface area contributed by atoms with Gasteiger partial charge in [0.2, 0.25) is 0 Å². The molecular weight excluding hydrogens is 224 g/mol. The van der Waals surface area contributed by atoms with Crippen molar-refractivity contribution >= 4 is 0 Å². The predicted octanol–water partition coefficient (Wildman–Crippen LogP) is 1.42. The highest BCUT2D eigenvalue weighted by atomic mass is 16.5. The summed E-state index contributed by atoms with van der Waals surface area (Å²) in [4.78, 5) is 0. The van der Waals surface area contributed by atoms with Crippen LogP contribution in [-0.4, -0.2) is 38.9 Å². The van der Waals surface area contributed by atoms with Crippen molar-refractivity contribution in [2.75, 3.05) is 32.8 Å². The number of benzene rings is 1. The van der Waals surface area contributed by atoms with Gasteiger partial charge in [0.15, 0.2) is 0 Å².